The van der Waals surface area contributed by atoms with Gasteiger partial charge in [0.2, 0.25) is 0 Å². The number of carbonyl (C=O) groups excluding carboxylic acids is 2. The maximum Gasteiger partial charge on any atom is 0.306 e. The Kier molecular flexibility index (Phi) is 6.28. The average Bonchev–Trinajstić information content (AvgIpc) is 3.06. The molecule has 0 aromatic heterocycles. The van der Waals surface area contributed by atoms with Crippen LogP contribution in [0.5, 0.6) is 0 Å². The molecule has 130 valence electrons. The molecule has 1 saturated carbocycles. The van der Waals surface area contributed by atoms with Gasteiger partial charge in [-0.05, 0) is 25.3 Å². The van der Waals surface area contributed by atoms with Crippen LogP contribution in [0.1, 0.15) is 45.4 Å². The normalized spacial score (nSPS) is 15.7. The van der Waals surface area contributed by atoms with Crippen molar-refractivity contribution in [3.63, 3.8) is 0 Å². The van der Waals surface area contributed by atoms with Crippen LogP contribution in [0.2, 0.25) is 0 Å². The van der Waals surface area contributed by atoms with Gasteiger partial charge in [-0.3, -0.25) is 19.7 Å². The third-order valence-corrected chi connectivity index (χ3v) is 4.23. The van der Waals surface area contributed by atoms with E-state index in [1.165, 1.54) is 38.0 Å². The molecule has 0 saturated heterocycles. The number of nitro groups is 1. The van der Waals surface area contributed by atoms with E-state index in [9.17, 15) is 19.7 Å². The maximum absolute atomic E-state index is 12.0. The van der Waals surface area contributed by atoms with Crippen molar-refractivity contribution in [3.05, 3.63) is 34.4 Å². The lowest BCUT2D eigenvalue weighted by molar-refractivity contribution is -0.384. The Morgan fingerprint density at radius 3 is 2.75 bits per heavy atom. The summed E-state index contributed by atoms with van der Waals surface area (Å²) >= 11 is 0. The van der Waals surface area contributed by atoms with Gasteiger partial charge in [0.1, 0.15) is 0 Å². The van der Waals surface area contributed by atoms with Crippen molar-refractivity contribution < 1.29 is 19.2 Å². The summed E-state index contributed by atoms with van der Waals surface area (Å²) in [5.74, 6) is -0.306. The number of amides is 1. The van der Waals surface area contributed by atoms with Crippen LogP contribution >= 0.6 is 0 Å². The van der Waals surface area contributed by atoms with Crippen LogP contribution in [0.25, 0.3) is 0 Å². The average molecular weight is 334 g/mol. The van der Waals surface area contributed by atoms with Crippen molar-refractivity contribution >= 4 is 23.3 Å². The van der Waals surface area contributed by atoms with Gasteiger partial charge < -0.3 is 10.1 Å². The highest BCUT2D eigenvalue weighted by Crippen LogP contribution is 2.28. The first-order valence-corrected chi connectivity index (χ1v) is 8.20. The second kappa shape index (κ2) is 8.42. The van der Waals surface area contributed by atoms with E-state index >= 15 is 0 Å². The van der Waals surface area contributed by atoms with Gasteiger partial charge in [0.15, 0.2) is 6.10 Å². The number of nitrogens with one attached hydrogen (secondary N) is 1. The number of carbonyl (C=O) groups is 2. The highest BCUT2D eigenvalue weighted by Gasteiger charge is 2.21. The topological polar surface area (TPSA) is 98.5 Å². The summed E-state index contributed by atoms with van der Waals surface area (Å²) in [6, 6.07) is 5.61. The fourth-order valence-corrected chi connectivity index (χ4v) is 2.87. The zero-order chi connectivity index (χ0) is 17.5. The molecular formula is C17H22N2O5. The third kappa shape index (κ3) is 5.33. The molecule has 7 nitrogen and oxygen atoms in total. The van der Waals surface area contributed by atoms with Crippen molar-refractivity contribution in [2.75, 3.05) is 5.32 Å². The van der Waals surface area contributed by atoms with Gasteiger partial charge in [0, 0.05) is 24.2 Å². The third-order valence-electron chi connectivity index (χ3n) is 4.23. The highest BCUT2D eigenvalue weighted by atomic mass is 16.6. The second-order valence-corrected chi connectivity index (χ2v) is 6.12. The van der Waals surface area contributed by atoms with E-state index in [0.717, 1.165) is 19.3 Å². The van der Waals surface area contributed by atoms with Crippen molar-refractivity contribution in [2.24, 2.45) is 5.92 Å². The van der Waals surface area contributed by atoms with E-state index in [0.29, 0.717) is 18.0 Å². The molecule has 1 fully saturated rings. The number of hydrogen-bond donors (Lipinski definition) is 1. The van der Waals surface area contributed by atoms with Gasteiger partial charge in [0.25, 0.3) is 11.6 Å². The fraction of sp³-hybridized carbons (Fsp3) is 0.529. The van der Waals surface area contributed by atoms with E-state index in [4.69, 9.17) is 4.74 Å². The van der Waals surface area contributed by atoms with Crippen LogP contribution in [0.15, 0.2) is 24.3 Å². The van der Waals surface area contributed by atoms with Gasteiger partial charge >= 0.3 is 5.97 Å². The number of nitro benzene ring substituents is 1. The first-order valence-electron chi connectivity index (χ1n) is 8.20. The lowest BCUT2D eigenvalue weighted by Crippen LogP contribution is -2.30. The van der Waals surface area contributed by atoms with Gasteiger partial charge in [-0.2, -0.15) is 0 Å². The molecule has 1 N–H and O–H groups in total. The van der Waals surface area contributed by atoms with Crippen LogP contribution in [-0.2, 0) is 14.3 Å². The molecule has 24 heavy (non-hydrogen) atoms. The quantitative estimate of drug-likeness (QED) is 0.468. The summed E-state index contributed by atoms with van der Waals surface area (Å²) in [6.45, 7) is 1.49. The molecule has 7 heteroatoms. The van der Waals surface area contributed by atoms with Crippen molar-refractivity contribution in [3.8, 4) is 0 Å². The molecule has 0 spiro atoms. The highest BCUT2D eigenvalue weighted by molar-refractivity contribution is 5.95. The number of nitrogens with zero attached hydrogens (tertiary/aromatic N) is 1. The summed E-state index contributed by atoms with van der Waals surface area (Å²) < 4.78 is 5.14. The molecule has 1 atom stereocenters. The number of hydrogen-bond acceptors (Lipinski definition) is 5. The van der Waals surface area contributed by atoms with Crippen LogP contribution in [-0.4, -0.2) is 22.9 Å². The van der Waals surface area contributed by atoms with Gasteiger partial charge in [-0.15, -0.1) is 0 Å². The van der Waals surface area contributed by atoms with Crippen LogP contribution < -0.4 is 5.32 Å². The number of rotatable bonds is 7. The minimum absolute atomic E-state index is 0.117. The molecule has 1 aliphatic rings. The lowest BCUT2D eigenvalue weighted by Gasteiger charge is -2.14. The Morgan fingerprint density at radius 1 is 1.38 bits per heavy atom. The zero-order valence-corrected chi connectivity index (χ0v) is 13.7. The van der Waals surface area contributed by atoms with Crippen LogP contribution in [0.3, 0.4) is 0 Å². The van der Waals surface area contributed by atoms with Crippen molar-refractivity contribution in [2.45, 2.75) is 51.6 Å². The van der Waals surface area contributed by atoms with E-state index in [-0.39, 0.29) is 11.7 Å². The SMILES string of the molecule is CC(OC(=O)CCC1CCCC1)C(=O)Nc1cccc([N+](=O)[O-])c1. The standard InChI is InChI=1S/C17H22N2O5/c1-12(24-16(20)10-9-13-5-2-3-6-13)17(21)18-14-7-4-8-15(11-14)19(22)23/h4,7-8,11-13H,2-3,5-6,9-10H2,1H3,(H,18,21). The predicted octanol–water partition coefficient (Wildman–Crippen LogP) is 3.44. The predicted molar refractivity (Wildman–Crippen MR) is 88.5 cm³/mol. The number of esters is 1. The Morgan fingerprint density at radius 2 is 2.08 bits per heavy atom. The Hall–Kier alpha value is -2.44. The lowest BCUT2D eigenvalue weighted by atomic mass is 10.0. The number of benzene rings is 1. The summed E-state index contributed by atoms with van der Waals surface area (Å²) in [5, 5.41) is 13.2. The molecular weight excluding hydrogens is 312 g/mol. The number of ether oxygens (including phenoxy) is 1. The van der Waals surface area contributed by atoms with E-state index in [2.05, 4.69) is 5.32 Å². The number of anilines is 1. The molecule has 0 aliphatic heterocycles. The molecule has 0 bridgehead atoms. The van der Waals surface area contributed by atoms with Crippen LogP contribution in [0, 0.1) is 16.0 Å². The monoisotopic (exact) mass is 334 g/mol. The summed E-state index contributed by atoms with van der Waals surface area (Å²) in [6.07, 6.45) is 4.95. The van der Waals surface area contributed by atoms with Gasteiger partial charge in [-0.25, -0.2) is 0 Å². The molecule has 1 amide bonds. The molecule has 0 radical (unpaired) electrons. The second-order valence-electron chi connectivity index (χ2n) is 6.12. The Labute approximate surface area is 140 Å². The molecule has 2 rings (SSSR count). The van der Waals surface area contributed by atoms with Crippen molar-refractivity contribution in [1.29, 1.82) is 0 Å². The fourth-order valence-electron chi connectivity index (χ4n) is 2.87. The Balaban J connectivity index is 1.79. The summed E-state index contributed by atoms with van der Waals surface area (Å²) in [5.41, 5.74) is 0.178. The molecule has 1 aromatic carbocycles. The van der Waals surface area contributed by atoms with E-state index in [1.807, 2.05) is 0 Å². The Bertz CT molecular complexity index is 611. The van der Waals surface area contributed by atoms with E-state index < -0.39 is 16.9 Å². The number of non-ortho nitro benzene ring substituents is 1. The molecule has 1 unspecified atom stereocenters. The van der Waals surface area contributed by atoms with Crippen molar-refractivity contribution in [1.82, 2.24) is 0 Å². The largest absolute Gasteiger partial charge is 0.453 e. The summed E-state index contributed by atoms with van der Waals surface area (Å²) in [4.78, 5) is 34.0. The first-order chi connectivity index (χ1) is 11.5. The minimum Gasteiger partial charge on any atom is -0.453 e. The zero-order valence-electron chi connectivity index (χ0n) is 13.7. The smallest absolute Gasteiger partial charge is 0.306 e. The molecule has 0 heterocycles. The molecule has 1 aliphatic carbocycles. The van der Waals surface area contributed by atoms with Crippen LogP contribution in [0.4, 0.5) is 11.4 Å². The summed E-state index contributed by atoms with van der Waals surface area (Å²) in [7, 11) is 0. The first kappa shape index (κ1) is 17.9. The van der Waals surface area contributed by atoms with Gasteiger partial charge in [0.05, 0.1) is 4.92 Å². The minimum atomic E-state index is -0.944. The molecule has 1 aromatic rings. The van der Waals surface area contributed by atoms with E-state index in [1.54, 1.807) is 6.07 Å². The maximum atomic E-state index is 12.0. The van der Waals surface area contributed by atoms with Gasteiger partial charge in [-0.1, -0.05) is 31.7 Å².